The monoisotopic (exact) mass is 354 g/mol. The molecule has 1 aromatic carbocycles. The Bertz CT molecular complexity index is 734. The lowest BCUT2D eigenvalue weighted by Crippen LogP contribution is -2.30. The smallest absolute Gasteiger partial charge is 0.272 e. The zero-order valence-corrected chi connectivity index (χ0v) is 14.7. The lowest BCUT2D eigenvalue weighted by atomic mass is 10.3. The fraction of sp³-hybridized carbons (Fsp3) is 0.533. The largest absolute Gasteiger partial charge is 0.295 e. The van der Waals surface area contributed by atoms with Crippen LogP contribution in [0.3, 0.4) is 0 Å². The second kappa shape index (κ2) is 7.71. The summed E-state index contributed by atoms with van der Waals surface area (Å²) in [5.41, 5.74) is 3.58. The van der Waals surface area contributed by atoms with Crippen molar-refractivity contribution in [1.29, 1.82) is 0 Å². The number of hydrogen-bond donors (Lipinski definition) is 1. The second-order valence-corrected chi connectivity index (χ2v) is 7.46. The molecule has 0 aliphatic heterocycles. The number of benzene rings is 1. The maximum Gasteiger partial charge on any atom is 0.295 e. The highest BCUT2D eigenvalue weighted by atomic mass is 32.2. The molecule has 0 bridgehead atoms. The molecule has 2 rings (SSSR count). The number of nitro groups is 1. The van der Waals surface area contributed by atoms with Gasteiger partial charge in [-0.25, -0.2) is 8.42 Å². The molecule has 0 saturated heterocycles. The van der Waals surface area contributed by atoms with E-state index in [1.54, 1.807) is 13.8 Å². The van der Waals surface area contributed by atoms with Crippen molar-refractivity contribution in [1.82, 2.24) is 4.31 Å². The molecule has 1 saturated carbocycles. The van der Waals surface area contributed by atoms with Gasteiger partial charge >= 0.3 is 0 Å². The first kappa shape index (κ1) is 18.3. The normalized spacial score (nSPS) is 14.9. The highest BCUT2D eigenvalue weighted by Gasteiger charge is 2.25. The highest BCUT2D eigenvalue weighted by molar-refractivity contribution is 7.89. The van der Waals surface area contributed by atoms with Crippen LogP contribution in [0.15, 0.2) is 28.2 Å². The molecule has 0 amide bonds. The van der Waals surface area contributed by atoms with Gasteiger partial charge < -0.3 is 0 Å². The van der Waals surface area contributed by atoms with Gasteiger partial charge in [0.15, 0.2) is 0 Å². The molecule has 9 heteroatoms. The van der Waals surface area contributed by atoms with E-state index in [0.29, 0.717) is 13.1 Å². The van der Waals surface area contributed by atoms with Crippen LogP contribution in [-0.4, -0.2) is 36.4 Å². The Balaban J connectivity index is 2.36. The molecular formula is C15H22N4O4S. The summed E-state index contributed by atoms with van der Waals surface area (Å²) in [5, 5.41) is 15.5. The summed E-state index contributed by atoms with van der Waals surface area (Å²) in [6.07, 6.45) is 3.91. The fourth-order valence-electron chi connectivity index (χ4n) is 2.66. The van der Waals surface area contributed by atoms with E-state index in [9.17, 15) is 18.5 Å². The molecule has 8 nitrogen and oxygen atoms in total. The van der Waals surface area contributed by atoms with Crippen LogP contribution in [0.4, 0.5) is 11.4 Å². The number of nitrogens with one attached hydrogen (secondary N) is 1. The highest BCUT2D eigenvalue weighted by Crippen LogP contribution is 2.29. The Labute approximate surface area is 141 Å². The van der Waals surface area contributed by atoms with Crippen molar-refractivity contribution >= 4 is 27.1 Å². The Kier molecular flexibility index (Phi) is 5.89. The molecule has 1 aromatic rings. The van der Waals surface area contributed by atoms with Crippen LogP contribution in [0.25, 0.3) is 0 Å². The zero-order valence-electron chi connectivity index (χ0n) is 13.9. The van der Waals surface area contributed by atoms with Crippen molar-refractivity contribution in [2.45, 2.75) is 44.4 Å². The SMILES string of the molecule is CCN(CC)S(=O)(=O)c1ccc(NN=C2CCCC2)c([N+](=O)[O-])c1. The molecule has 1 N–H and O–H groups in total. The first-order valence-corrected chi connectivity index (χ1v) is 9.44. The molecule has 1 fully saturated rings. The van der Waals surface area contributed by atoms with E-state index in [0.717, 1.165) is 37.5 Å². The van der Waals surface area contributed by atoms with Crippen molar-refractivity contribution in [3.63, 3.8) is 0 Å². The molecule has 1 aliphatic rings. The van der Waals surface area contributed by atoms with Crippen molar-refractivity contribution in [3.05, 3.63) is 28.3 Å². The minimum atomic E-state index is -3.74. The minimum Gasteiger partial charge on any atom is -0.272 e. The van der Waals surface area contributed by atoms with E-state index < -0.39 is 14.9 Å². The topological polar surface area (TPSA) is 105 Å². The van der Waals surface area contributed by atoms with Crippen molar-refractivity contribution in [2.75, 3.05) is 18.5 Å². The Hall–Kier alpha value is -2.00. The zero-order chi connectivity index (χ0) is 17.7. The summed E-state index contributed by atoms with van der Waals surface area (Å²) < 4.78 is 26.3. The lowest BCUT2D eigenvalue weighted by molar-refractivity contribution is -0.384. The van der Waals surface area contributed by atoms with Gasteiger partial charge in [0.05, 0.1) is 9.82 Å². The van der Waals surface area contributed by atoms with Crippen LogP contribution >= 0.6 is 0 Å². The third-order valence-electron chi connectivity index (χ3n) is 4.02. The van der Waals surface area contributed by atoms with Crippen LogP contribution < -0.4 is 5.43 Å². The molecule has 1 aliphatic carbocycles. The summed E-state index contributed by atoms with van der Waals surface area (Å²) in [6, 6.07) is 3.86. The average Bonchev–Trinajstić information content (AvgIpc) is 3.07. The summed E-state index contributed by atoms with van der Waals surface area (Å²) in [6.45, 7) is 4.06. The summed E-state index contributed by atoms with van der Waals surface area (Å²) in [5.74, 6) is 0. The van der Waals surface area contributed by atoms with Gasteiger partial charge in [0.25, 0.3) is 5.69 Å². The van der Waals surface area contributed by atoms with Gasteiger partial charge in [-0.1, -0.05) is 13.8 Å². The third kappa shape index (κ3) is 3.90. The van der Waals surface area contributed by atoms with E-state index in [4.69, 9.17) is 0 Å². The maximum atomic E-state index is 12.5. The van der Waals surface area contributed by atoms with Gasteiger partial charge in [-0.3, -0.25) is 15.5 Å². The Morgan fingerprint density at radius 1 is 1.25 bits per heavy atom. The average molecular weight is 354 g/mol. The third-order valence-corrected chi connectivity index (χ3v) is 6.07. The molecule has 0 spiro atoms. The number of anilines is 1. The molecule has 0 heterocycles. The lowest BCUT2D eigenvalue weighted by Gasteiger charge is -2.18. The first-order chi connectivity index (χ1) is 11.4. The Morgan fingerprint density at radius 2 is 1.88 bits per heavy atom. The van der Waals surface area contributed by atoms with Gasteiger partial charge in [0.2, 0.25) is 10.0 Å². The van der Waals surface area contributed by atoms with Crippen LogP contribution in [0.5, 0.6) is 0 Å². The summed E-state index contributed by atoms with van der Waals surface area (Å²) in [7, 11) is -3.74. The van der Waals surface area contributed by atoms with Crippen LogP contribution in [0.1, 0.15) is 39.5 Å². The van der Waals surface area contributed by atoms with Crippen LogP contribution in [0, 0.1) is 10.1 Å². The van der Waals surface area contributed by atoms with Crippen molar-refractivity contribution in [2.24, 2.45) is 5.10 Å². The number of hydrogen-bond acceptors (Lipinski definition) is 6. The quantitative estimate of drug-likeness (QED) is 0.598. The van der Waals surface area contributed by atoms with E-state index in [-0.39, 0.29) is 16.3 Å². The van der Waals surface area contributed by atoms with Crippen molar-refractivity contribution < 1.29 is 13.3 Å². The number of sulfonamides is 1. The molecule has 24 heavy (non-hydrogen) atoms. The number of rotatable bonds is 7. The number of nitrogens with zero attached hydrogens (tertiary/aromatic N) is 3. The molecule has 0 atom stereocenters. The molecule has 0 aromatic heterocycles. The first-order valence-electron chi connectivity index (χ1n) is 8.00. The van der Waals surface area contributed by atoms with Gasteiger partial charge in [0.1, 0.15) is 5.69 Å². The van der Waals surface area contributed by atoms with Gasteiger partial charge in [0, 0.05) is 24.9 Å². The Morgan fingerprint density at radius 3 is 2.42 bits per heavy atom. The standard InChI is InChI=1S/C15H22N4O4S/c1-3-18(4-2)24(22,23)13-9-10-14(15(11-13)19(20)21)17-16-12-7-5-6-8-12/h9-11,17H,3-8H2,1-2H3. The van der Waals surface area contributed by atoms with Crippen molar-refractivity contribution in [3.8, 4) is 0 Å². The van der Waals surface area contributed by atoms with Gasteiger partial charge in [-0.05, 0) is 37.8 Å². The van der Waals surface area contributed by atoms with E-state index in [2.05, 4.69) is 10.5 Å². The molecule has 0 radical (unpaired) electrons. The molecule has 0 unspecified atom stereocenters. The molecular weight excluding hydrogens is 332 g/mol. The minimum absolute atomic E-state index is 0.0861. The van der Waals surface area contributed by atoms with Gasteiger partial charge in [-0.15, -0.1) is 0 Å². The molecule has 132 valence electrons. The van der Waals surface area contributed by atoms with Crippen LogP contribution in [-0.2, 0) is 10.0 Å². The summed E-state index contributed by atoms with van der Waals surface area (Å²) in [4.78, 5) is 10.6. The second-order valence-electron chi connectivity index (χ2n) is 5.52. The summed E-state index contributed by atoms with van der Waals surface area (Å²) >= 11 is 0. The van der Waals surface area contributed by atoms with Gasteiger partial charge in [-0.2, -0.15) is 9.41 Å². The predicted molar refractivity (Wildman–Crippen MR) is 92.7 cm³/mol. The maximum absolute atomic E-state index is 12.5. The van der Waals surface area contributed by atoms with E-state index in [1.807, 2.05) is 0 Å². The van der Waals surface area contributed by atoms with E-state index in [1.165, 1.54) is 16.4 Å². The number of hydrazone groups is 1. The predicted octanol–water partition coefficient (Wildman–Crippen LogP) is 2.97. The fourth-order valence-corrected chi connectivity index (χ4v) is 4.14. The van der Waals surface area contributed by atoms with E-state index >= 15 is 0 Å². The van der Waals surface area contributed by atoms with Crippen LogP contribution in [0.2, 0.25) is 0 Å². The number of nitro benzene ring substituents is 1.